The number of nitrogens with zero attached hydrogens (tertiary/aromatic N) is 2. The number of rotatable bonds is 5. The van der Waals surface area contributed by atoms with Crippen molar-refractivity contribution in [3.05, 3.63) is 65.9 Å². The summed E-state index contributed by atoms with van der Waals surface area (Å²) in [5.74, 6) is -0.458. The quantitative estimate of drug-likeness (QED) is 0.727. The van der Waals surface area contributed by atoms with Crippen molar-refractivity contribution >= 4 is 44.0 Å². The Morgan fingerprint density at radius 3 is 2.73 bits per heavy atom. The van der Waals surface area contributed by atoms with Gasteiger partial charge in [0.2, 0.25) is 15.9 Å². The van der Waals surface area contributed by atoms with Crippen molar-refractivity contribution < 1.29 is 13.2 Å². The molecular formula is C18H16ClN3O3S. The summed E-state index contributed by atoms with van der Waals surface area (Å²) in [6, 6.07) is 13.2. The Kier molecular flexibility index (Phi) is 5.22. The van der Waals surface area contributed by atoms with Crippen LogP contribution in [-0.2, 0) is 14.8 Å². The van der Waals surface area contributed by atoms with Crippen molar-refractivity contribution in [2.24, 2.45) is 0 Å². The third-order valence-corrected chi connectivity index (χ3v) is 5.90. The van der Waals surface area contributed by atoms with E-state index in [1.165, 1.54) is 19.3 Å². The van der Waals surface area contributed by atoms with Gasteiger partial charge in [-0.1, -0.05) is 29.8 Å². The minimum atomic E-state index is -3.84. The van der Waals surface area contributed by atoms with Crippen LogP contribution in [-0.4, -0.2) is 37.2 Å². The number of sulfonamides is 1. The number of aromatic nitrogens is 1. The molecule has 8 heteroatoms. The first-order valence-corrected chi connectivity index (χ1v) is 9.54. The van der Waals surface area contributed by atoms with E-state index in [1.54, 1.807) is 48.7 Å². The summed E-state index contributed by atoms with van der Waals surface area (Å²) in [5.41, 5.74) is 0.504. The maximum Gasteiger partial charge on any atom is 0.243 e. The van der Waals surface area contributed by atoms with Gasteiger partial charge in [-0.25, -0.2) is 8.42 Å². The maximum atomic E-state index is 12.9. The molecule has 0 bridgehead atoms. The molecule has 2 aromatic carbocycles. The Bertz CT molecular complexity index is 1060. The Balaban J connectivity index is 1.81. The monoisotopic (exact) mass is 389 g/mol. The maximum absolute atomic E-state index is 12.9. The number of anilines is 1. The highest BCUT2D eigenvalue weighted by Gasteiger charge is 2.24. The van der Waals surface area contributed by atoms with Crippen molar-refractivity contribution in [3.63, 3.8) is 0 Å². The molecule has 3 aromatic rings. The zero-order valence-corrected chi connectivity index (χ0v) is 15.5. The second kappa shape index (κ2) is 7.41. The smallest absolute Gasteiger partial charge is 0.243 e. The molecule has 0 saturated heterocycles. The van der Waals surface area contributed by atoms with Crippen LogP contribution in [0, 0.1) is 0 Å². The summed E-state index contributed by atoms with van der Waals surface area (Å²) in [6.45, 7) is -0.323. The SMILES string of the molecule is CN(CC(=O)Nc1cccc(Cl)c1)S(=O)(=O)c1cccc2cnccc12. The number of carbonyl (C=O) groups excluding carboxylic acids is 1. The number of benzene rings is 2. The van der Waals surface area contributed by atoms with Gasteiger partial charge in [0.1, 0.15) is 0 Å². The van der Waals surface area contributed by atoms with E-state index in [9.17, 15) is 13.2 Å². The topological polar surface area (TPSA) is 79.4 Å². The fraction of sp³-hybridized carbons (Fsp3) is 0.111. The fourth-order valence-electron chi connectivity index (χ4n) is 2.54. The summed E-state index contributed by atoms with van der Waals surface area (Å²) in [5, 5.41) is 4.39. The number of amides is 1. The summed E-state index contributed by atoms with van der Waals surface area (Å²) < 4.78 is 26.8. The molecule has 0 saturated carbocycles. The molecule has 0 radical (unpaired) electrons. The average molecular weight is 390 g/mol. The molecule has 134 valence electrons. The van der Waals surface area contributed by atoms with Gasteiger partial charge in [0.15, 0.2) is 0 Å². The van der Waals surface area contributed by atoms with Crippen LogP contribution in [0.4, 0.5) is 5.69 Å². The van der Waals surface area contributed by atoms with Crippen LogP contribution < -0.4 is 5.32 Å². The number of halogens is 1. The van der Waals surface area contributed by atoms with Gasteiger partial charge in [-0.3, -0.25) is 9.78 Å². The van der Waals surface area contributed by atoms with Gasteiger partial charge < -0.3 is 5.32 Å². The van der Waals surface area contributed by atoms with Gasteiger partial charge in [0.25, 0.3) is 0 Å². The first kappa shape index (κ1) is 18.3. The minimum Gasteiger partial charge on any atom is -0.325 e. The molecule has 1 aromatic heterocycles. The molecule has 3 rings (SSSR count). The zero-order valence-electron chi connectivity index (χ0n) is 13.9. The Hall–Kier alpha value is -2.48. The van der Waals surface area contributed by atoms with E-state index >= 15 is 0 Å². The Labute approximate surface area is 156 Å². The van der Waals surface area contributed by atoms with Crippen molar-refractivity contribution in [2.45, 2.75) is 4.90 Å². The standard InChI is InChI=1S/C18H16ClN3O3S/c1-22(12-18(23)21-15-6-3-5-14(19)10-15)26(24,25)17-7-2-4-13-11-20-9-8-16(13)17/h2-11H,12H2,1H3,(H,21,23). The van der Waals surface area contributed by atoms with E-state index < -0.39 is 15.9 Å². The third-order valence-electron chi connectivity index (χ3n) is 3.80. The molecule has 26 heavy (non-hydrogen) atoms. The van der Waals surface area contributed by atoms with Crippen molar-refractivity contribution in [3.8, 4) is 0 Å². The molecule has 6 nitrogen and oxygen atoms in total. The highest BCUT2D eigenvalue weighted by atomic mass is 35.5. The predicted octanol–water partition coefficient (Wildman–Crippen LogP) is 3.15. The lowest BCUT2D eigenvalue weighted by Gasteiger charge is -2.18. The molecule has 0 fully saturated rings. The summed E-state index contributed by atoms with van der Waals surface area (Å²) in [7, 11) is -2.47. The van der Waals surface area contributed by atoms with Gasteiger partial charge in [-0.05, 0) is 30.3 Å². The van der Waals surface area contributed by atoms with Gasteiger partial charge in [0.05, 0.1) is 11.4 Å². The van der Waals surface area contributed by atoms with E-state index in [-0.39, 0.29) is 11.4 Å². The number of fused-ring (bicyclic) bond motifs is 1. The van der Waals surface area contributed by atoms with Crippen molar-refractivity contribution in [1.82, 2.24) is 9.29 Å². The van der Waals surface area contributed by atoms with Crippen molar-refractivity contribution in [2.75, 3.05) is 18.9 Å². The van der Waals surface area contributed by atoms with Crippen LogP contribution in [0.2, 0.25) is 5.02 Å². The molecule has 0 spiro atoms. The number of carbonyl (C=O) groups is 1. The number of likely N-dealkylation sites (N-methyl/N-ethyl adjacent to an activating group) is 1. The summed E-state index contributed by atoms with van der Waals surface area (Å²) in [4.78, 5) is 16.3. The van der Waals surface area contributed by atoms with Crippen LogP contribution >= 0.6 is 11.6 Å². The van der Waals surface area contributed by atoms with Gasteiger partial charge in [0, 0.05) is 40.9 Å². The van der Waals surface area contributed by atoms with Gasteiger partial charge >= 0.3 is 0 Å². The average Bonchev–Trinajstić information content (AvgIpc) is 2.61. The second-order valence-electron chi connectivity index (χ2n) is 5.67. The largest absolute Gasteiger partial charge is 0.325 e. The third kappa shape index (κ3) is 3.85. The van der Waals surface area contributed by atoms with Crippen LogP contribution in [0.15, 0.2) is 65.8 Å². The molecule has 1 heterocycles. The Morgan fingerprint density at radius 1 is 1.19 bits per heavy atom. The normalized spacial score (nSPS) is 11.7. The molecule has 0 aliphatic carbocycles. The van der Waals surface area contributed by atoms with Crippen molar-refractivity contribution in [1.29, 1.82) is 0 Å². The molecular weight excluding hydrogens is 374 g/mol. The molecule has 1 amide bonds. The van der Waals surface area contributed by atoms with Gasteiger partial charge in [-0.2, -0.15) is 4.31 Å². The number of nitrogens with one attached hydrogen (secondary N) is 1. The van der Waals surface area contributed by atoms with Crippen LogP contribution in [0.1, 0.15) is 0 Å². The first-order chi connectivity index (χ1) is 12.4. The number of hydrogen-bond acceptors (Lipinski definition) is 4. The molecule has 0 aliphatic rings. The number of pyridine rings is 1. The molecule has 1 N–H and O–H groups in total. The predicted molar refractivity (Wildman–Crippen MR) is 102 cm³/mol. The minimum absolute atomic E-state index is 0.135. The van der Waals surface area contributed by atoms with E-state index in [1.807, 2.05) is 0 Å². The molecule has 0 unspecified atom stereocenters. The highest BCUT2D eigenvalue weighted by Crippen LogP contribution is 2.24. The lowest BCUT2D eigenvalue weighted by molar-refractivity contribution is -0.116. The highest BCUT2D eigenvalue weighted by molar-refractivity contribution is 7.89. The fourth-order valence-corrected chi connectivity index (χ4v) is 4.07. The zero-order chi connectivity index (χ0) is 18.7. The van der Waals surface area contributed by atoms with Gasteiger partial charge in [-0.15, -0.1) is 0 Å². The van der Waals surface area contributed by atoms with E-state index in [4.69, 9.17) is 11.6 Å². The first-order valence-electron chi connectivity index (χ1n) is 7.72. The summed E-state index contributed by atoms with van der Waals surface area (Å²) in [6.07, 6.45) is 3.13. The second-order valence-corrected chi connectivity index (χ2v) is 8.12. The van der Waals surface area contributed by atoms with Crippen LogP contribution in [0.3, 0.4) is 0 Å². The number of hydrogen-bond donors (Lipinski definition) is 1. The summed E-state index contributed by atoms with van der Waals surface area (Å²) >= 11 is 5.88. The van der Waals surface area contributed by atoms with E-state index in [0.717, 1.165) is 4.31 Å². The van der Waals surface area contributed by atoms with E-state index in [0.29, 0.717) is 21.5 Å². The van der Waals surface area contributed by atoms with E-state index in [2.05, 4.69) is 10.3 Å². The molecule has 0 atom stereocenters. The lowest BCUT2D eigenvalue weighted by Crippen LogP contribution is -2.35. The van der Waals surface area contributed by atoms with Crippen LogP contribution in [0.25, 0.3) is 10.8 Å². The lowest BCUT2D eigenvalue weighted by atomic mass is 10.2. The Morgan fingerprint density at radius 2 is 1.96 bits per heavy atom. The molecule has 0 aliphatic heterocycles. The van der Waals surface area contributed by atoms with Crippen LogP contribution in [0.5, 0.6) is 0 Å².